The van der Waals surface area contributed by atoms with E-state index in [0.29, 0.717) is 19.7 Å². The highest BCUT2D eigenvalue weighted by atomic mass is 35.5. The Morgan fingerprint density at radius 2 is 2.00 bits per heavy atom. The number of hydrogen-bond donors (Lipinski definition) is 2. The molecular weight excluding hydrogens is 293 g/mol. The monoisotopic (exact) mass is 315 g/mol. The number of amides is 1. The fourth-order valence-electron chi connectivity index (χ4n) is 2.01. The van der Waals surface area contributed by atoms with E-state index >= 15 is 0 Å². The maximum atomic E-state index is 11.7. The third-order valence-electron chi connectivity index (χ3n) is 3.05. The molecule has 1 atom stereocenters. The number of morpholine rings is 2. The molecule has 1 amide bonds. The molecule has 2 aliphatic heterocycles. The van der Waals surface area contributed by atoms with Crippen molar-refractivity contribution < 1.29 is 14.3 Å². The molecule has 6 nitrogen and oxygen atoms in total. The van der Waals surface area contributed by atoms with Crippen LogP contribution < -0.4 is 10.6 Å². The summed E-state index contributed by atoms with van der Waals surface area (Å²) in [6, 6.07) is 0. The summed E-state index contributed by atoms with van der Waals surface area (Å²) in [5, 5.41) is 6.06. The van der Waals surface area contributed by atoms with Crippen LogP contribution in [0.4, 0.5) is 0 Å². The fourth-order valence-corrected chi connectivity index (χ4v) is 2.01. The minimum absolute atomic E-state index is 0. The summed E-state index contributed by atoms with van der Waals surface area (Å²) >= 11 is 0. The van der Waals surface area contributed by atoms with Crippen molar-refractivity contribution in [1.82, 2.24) is 15.5 Å². The smallest absolute Gasteiger partial charge is 0.250 e. The van der Waals surface area contributed by atoms with Gasteiger partial charge >= 0.3 is 0 Å². The van der Waals surface area contributed by atoms with E-state index < -0.39 is 0 Å². The van der Waals surface area contributed by atoms with Gasteiger partial charge < -0.3 is 20.1 Å². The summed E-state index contributed by atoms with van der Waals surface area (Å²) in [6.07, 6.45) is -0.326. The van der Waals surface area contributed by atoms with Crippen molar-refractivity contribution in [2.75, 3.05) is 59.1 Å². The van der Waals surface area contributed by atoms with Gasteiger partial charge in [-0.05, 0) is 0 Å². The van der Waals surface area contributed by atoms with Gasteiger partial charge in [-0.1, -0.05) is 0 Å². The van der Waals surface area contributed by atoms with Gasteiger partial charge in [0.15, 0.2) is 0 Å². The van der Waals surface area contributed by atoms with E-state index in [1.54, 1.807) is 0 Å². The Hall–Kier alpha value is -0.110. The topological polar surface area (TPSA) is 62.8 Å². The van der Waals surface area contributed by atoms with Crippen LogP contribution in [0.3, 0.4) is 0 Å². The predicted molar refractivity (Wildman–Crippen MR) is 77.4 cm³/mol. The number of nitrogens with zero attached hydrogens (tertiary/aromatic N) is 1. The summed E-state index contributed by atoms with van der Waals surface area (Å²) in [6.45, 7) is 7.12. The lowest BCUT2D eigenvalue weighted by Gasteiger charge is -2.27. The first-order valence-corrected chi connectivity index (χ1v) is 6.26. The van der Waals surface area contributed by atoms with Gasteiger partial charge in [0, 0.05) is 39.3 Å². The fraction of sp³-hybridized carbons (Fsp3) is 0.909. The molecule has 2 saturated heterocycles. The number of rotatable bonds is 4. The van der Waals surface area contributed by atoms with Gasteiger partial charge in [-0.3, -0.25) is 9.69 Å². The highest BCUT2D eigenvalue weighted by Crippen LogP contribution is 1.97. The average molecular weight is 316 g/mol. The molecule has 1 unspecified atom stereocenters. The van der Waals surface area contributed by atoms with Gasteiger partial charge in [0.2, 0.25) is 0 Å². The second-order valence-corrected chi connectivity index (χ2v) is 4.31. The standard InChI is InChI=1S/C11H21N3O3.2ClH/c15-11(10-9-12-2-6-17-10)13-1-3-14-4-7-16-8-5-14;;/h10,12H,1-9H2,(H,13,15);2*1H. The van der Waals surface area contributed by atoms with Gasteiger partial charge in [0.05, 0.1) is 19.8 Å². The number of halogens is 2. The van der Waals surface area contributed by atoms with Crippen LogP contribution in [0.15, 0.2) is 0 Å². The van der Waals surface area contributed by atoms with Crippen LogP contribution in [0.25, 0.3) is 0 Å². The number of carbonyl (C=O) groups excluding carboxylic acids is 1. The molecule has 2 fully saturated rings. The van der Waals surface area contributed by atoms with Gasteiger partial charge in [0.1, 0.15) is 6.10 Å². The quantitative estimate of drug-likeness (QED) is 0.716. The molecule has 2 heterocycles. The molecular formula is C11H23Cl2N3O3. The normalized spacial score (nSPS) is 23.9. The summed E-state index contributed by atoms with van der Waals surface area (Å²) in [4.78, 5) is 14.0. The van der Waals surface area contributed by atoms with E-state index in [1.165, 1.54) is 0 Å². The van der Waals surface area contributed by atoms with Crippen LogP contribution in [0, 0.1) is 0 Å². The Kier molecular flexibility index (Phi) is 10.6. The molecule has 0 spiro atoms. The van der Waals surface area contributed by atoms with E-state index in [-0.39, 0.29) is 36.8 Å². The Bertz CT molecular complexity index is 247. The summed E-state index contributed by atoms with van der Waals surface area (Å²) in [5.41, 5.74) is 0. The minimum atomic E-state index is -0.326. The SMILES string of the molecule is Cl.Cl.O=C(NCCN1CCOCC1)C1CNCCO1. The first-order chi connectivity index (χ1) is 8.36. The maximum absolute atomic E-state index is 11.7. The van der Waals surface area contributed by atoms with Crippen molar-refractivity contribution in [3.63, 3.8) is 0 Å². The van der Waals surface area contributed by atoms with Gasteiger partial charge in [-0.2, -0.15) is 0 Å². The van der Waals surface area contributed by atoms with Crippen LogP contribution in [0.1, 0.15) is 0 Å². The average Bonchev–Trinajstić information content (AvgIpc) is 2.41. The lowest BCUT2D eigenvalue weighted by atomic mass is 10.3. The van der Waals surface area contributed by atoms with Crippen LogP contribution in [-0.2, 0) is 14.3 Å². The Morgan fingerprint density at radius 1 is 1.26 bits per heavy atom. The maximum Gasteiger partial charge on any atom is 0.250 e. The van der Waals surface area contributed by atoms with E-state index in [9.17, 15) is 4.79 Å². The molecule has 0 bridgehead atoms. The molecule has 114 valence electrons. The number of hydrogen-bond acceptors (Lipinski definition) is 5. The summed E-state index contributed by atoms with van der Waals surface area (Å²) < 4.78 is 10.6. The molecule has 0 radical (unpaired) electrons. The van der Waals surface area contributed by atoms with E-state index in [1.807, 2.05) is 0 Å². The molecule has 0 saturated carbocycles. The van der Waals surface area contributed by atoms with Crippen molar-refractivity contribution >= 4 is 30.7 Å². The molecule has 0 aliphatic carbocycles. The lowest BCUT2D eigenvalue weighted by molar-refractivity contribution is -0.134. The number of nitrogens with one attached hydrogen (secondary N) is 2. The largest absolute Gasteiger partial charge is 0.379 e. The van der Waals surface area contributed by atoms with Gasteiger partial charge in [0.25, 0.3) is 5.91 Å². The Morgan fingerprint density at radius 3 is 2.63 bits per heavy atom. The summed E-state index contributed by atoms with van der Waals surface area (Å²) in [7, 11) is 0. The minimum Gasteiger partial charge on any atom is -0.379 e. The van der Waals surface area contributed by atoms with Crippen LogP contribution in [0.2, 0.25) is 0 Å². The zero-order chi connectivity index (χ0) is 11.9. The lowest BCUT2D eigenvalue weighted by Crippen LogP contribution is -2.49. The molecule has 0 aromatic rings. The number of ether oxygens (including phenoxy) is 2. The second kappa shape index (κ2) is 10.7. The molecule has 2 rings (SSSR count). The van der Waals surface area contributed by atoms with E-state index in [4.69, 9.17) is 9.47 Å². The number of carbonyl (C=O) groups is 1. The Labute approximate surface area is 126 Å². The van der Waals surface area contributed by atoms with Crippen molar-refractivity contribution in [2.45, 2.75) is 6.10 Å². The van der Waals surface area contributed by atoms with E-state index in [2.05, 4.69) is 15.5 Å². The molecule has 0 aromatic carbocycles. The van der Waals surface area contributed by atoms with Crippen molar-refractivity contribution in [1.29, 1.82) is 0 Å². The first-order valence-electron chi connectivity index (χ1n) is 6.26. The van der Waals surface area contributed by atoms with Crippen molar-refractivity contribution in [3.8, 4) is 0 Å². The van der Waals surface area contributed by atoms with E-state index in [0.717, 1.165) is 39.4 Å². The third-order valence-corrected chi connectivity index (χ3v) is 3.05. The second-order valence-electron chi connectivity index (χ2n) is 4.31. The van der Waals surface area contributed by atoms with Crippen LogP contribution >= 0.6 is 24.8 Å². The zero-order valence-electron chi connectivity index (χ0n) is 10.9. The zero-order valence-corrected chi connectivity index (χ0v) is 12.6. The van der Waals surface area contributed by atoms with Gasteiger partial charge in [-0.25, -0.2) is 0 Å². The molecule has 2 N–H and O–H groups in total. The molecule has 8 heteroatoms. The summed E-state index contributed by atoms with van der Waals surface area (Å²) in [5.74, 6) is -0.00883. The molecule has 2 aliphatic rings. The predicted octanol–water partition coefficient (Wildman–Crippen LogP) is -0.733. The first kappa shape index (κ1) is 18.9. The van der Waals surface area contributed by atoms with Crippen LogP contribution in [-0.4, -0.2) is 76.0 Å². The van der Waals surface area contributed by atoms with Crippen molar-refractivity contribution in [2.24, 2.45) is 0 Å². The van der Waals surface area contributed by atoms with Gasteiger partial charge in [-0.15, -0.1) is 24.8 Å². The van der Waals surface area contributed by atoms with Crippen molar-refractivity contribution in [3.05, 3.63) is 0 Å². The highest BCUT2D eigenvalue weighted by Gasteiger charge is 2.21. The molecule has 19 heavy (non-hydrogen) atoms. The Balaban J connectivity index is 0.00000162. The highest BCUT2D eigenvalue weighted by molar-refractivity contribution is 5.85. The van der Waals surface area contributed by atoms with Crippen LogP contribution in [0.5, 0.6) is 0 Å². The molecule has 0 aromatic heterocycles. The third kappa shape index (κ3) is 6.74.